The number of fused-ring (bicyclic) bond motifs is 3. The Bertz CT molecular complexity index is 991. The number of hydrogen-bond acceptors (Lipinski definition) is 2. The average Bonchev–Trinajstić information content (AvgIpc) is 2.42. The van der Waals surface area contributed by atoms with Crippen LogP contribution in [0.2, 0.25) is 0 Å². The fourth-order valence-electron chi connectivity index (χ4n) is 3.11. The molecule has 0 spiro atoms. The van der Waals surface area contributed by atoms with E-state index in [2.05, 4.69) is 9.72 Å². The number of aryl methyl sites for hydroxylation is 2. The van der Waals surface area contributed by atoms with E-state index in [4.69, 9.17) is 0 Å². The van der Waals surface area contributed by atoms with Crippen LogP contribution >= 0.6 is 0 Å². The van der Waals surface area contributed by atoms with Gasteiger partial charge in [-0.2, -0.15) is 13.2 Å². The minimum absolute atomic E-state index is 0.0171. The first-order valence-electron chi connectivity index (χ1n) is 7.59. The van der Waals surface area contributed by atoms with E-state index in [1.165, 1.54) is 6.07 Å². The summed E-state index contributed by atoms with van der Waals surface area (Å²) < 4.78 is 80.0. The molecule has 3 aromatic rings. The molecule has 0 bridgehead atoms. The number of pyridine rings is 1. The van der Waals surface area contributed by atoms with Crippen molar-refractivity contribution in [3.8, 4) is 5.75 Å². The van der Waals surface area contributed by atoms with Gasteiger partial charge in [-0.1, -0.05) is 17.7 Å². The van der Waals surface area contributed by atoms with Gasteiger partial charge >= 0.3 is 12.5 Å². The third kappa shape index (κ3) is 3.84. The van der Waals surface area contributed by atoms with Crippen LogP contribution < -0.4 is 4.74 Å². The zero-order valence-corrected chi connectivity index (χ0v) is 13.7. The molecule has 0 aliphatic rings. The molecule has 0 amide bonds. The van der Waals surface area contributed by atoms with Crippen LogP contribution in [-0.2, 0) is 6.42 Å². The molecular formula is C18H13F6NO. The quantitative estimate of drug-likeness (QED) is 0.406. The molecule has 8 heteroatoms. The largest absolute Gasteiger partial charge is 0.573 e. The molecule has 138 valence electrons. The Labute approximate surface area is 144 Å². The summed E-state index contributed by atoms with van der Waals surface area (Å²) in [5.74, 6) is -0.529. The van der Waals surface area contributed by atoms with Crippen molar-refractivity contribution >= 4 is 21.7 Å². The molecule has 2 nitrogen and oxygen atoms in total. The highest BCUT2D eigenvalue weighted by atomic mass is 19.4. The molecule has 0 aliphatic heterocycles. The molecule has 26 heavy (non-hydrogen) atoms. The van der Waals surface area contributed by atoms with Gasteiger partial charge in [0.15, 0.2) is 0 Å². The van der Waals surface area contributed by atoms with Crippen LogP contribution in [0.4, 0.5) is 26.3 Å². The summed E-state index contributed by atoms with van der Waals surface area (Å²) in [6.07, 6.45) is -10.7. The Morgan fingerprint density at radius 1 is 0.923 bits per heavy atom. The molecule has 0 unspecified atom stereocenters. The topological polar surface area (TPSA) is 22.1 Å². The van der Waals surface area contributed by atoms with Gasteiger partial charge < -0.3 is 4.74 Å². The van der Waals surface area contributed by atoms with Gasteiger partial charge in [-0.15, -0.1) is 13.2 Å². The highest BCUT2D eigenvalue weighted by molar-refractivity contribution is 6.08. The second-order valence-corrected chi connectivity index (χ2v) is 6.08. The number of aromatic nitrogens is 1. The maximum Gasteiger partial charge on any atom is 0.573 e. The first-order valence-corrected chi connectivity index (χ1v) is 7.59. The fourth-order valence-corrected chi connectivity index (χ4v) is 3.11. The number of hydrogen-bond donors (Lipinski definition) is 0. The zero-order valence-electron chi connectivity index (χ0n) is 13.7. The molecule has 0 N–H and O–H groups in total. The van der Waals surface area contributed by atoms with E-state index in [0.717, 1.165) is 17.7 Å². The number of ether oxygens (including phenoxy) is 1. The van der Waals surface area contributed by atoms with Gasteiger partial charge in [0.2, 0.25) is 0 Å². The Kier molecular flexibility index (Phi) is 4.24. The number of benzene rings is 2. The lowest BCUT2D eigenvalue weighted by Gasteiger charge is -2.15. The van der Waals surface area contributed by atoms with Gasteiger partial charge in [0.1, 0.15) is 5.75 Å². The minimum Gasteiger partial charge on any atom is -0.406 e. The molecule has 2 aromatic carbocycles. The second-order valence-electron chi connectivity index (χ2n) is 6.08. The first kappa shape index (κ1) is 18.3. The molecular weight excluding hydrogens is 360 g/mol. The summed E-state index contributed by atoms with van der Waals surface area (Å²) in [6, 6.07) is 6.95. The third-order valence-corrected chi connectivity index (χ3v) is 3.88. The third-order valence-electron chi connectivity index (χ3n) is 3.88. The lowest BCUT2D eigenvalue weighted by atomic mass is 9.96. The van der Waals surface area contributed by atoms with Gasteiger partial charge in [-0.05, 0) is 36.9 Å². The molecule has 0 fully saturated rings. The van der Waals surface area contributed by atoms with E-state index >= 15 is 0 Å². The van der Waals surface area contributed by atoms with Crippen molar-refractivity contribution in [2.24, 2.45) is 0 Å². The maximum atomic E-state index is 13.0. The molecule has 0 radical (unpaired) electrons. The SMILES string of the molecule is Cc1cc(C)c2c(CC(F)(F)F)nc3cc(OC(F)(F)F)ccc3c2c1. The van der Waals surface area contributed by atoms with Crippen LogP contribution in [-0.4, -0.2) is 17.5 Å². The van der Waals surface area contributed by atoms with Gasteiger partial charge in [0.25, 0.3) is 0 Å². The number of halogens is 6. The van der Waals surface area contributed by atoms with E-state index in [-0.39, 0.29) is 11.2 Å². The van der Waals surface area contributed by atoms with Crippen molar-refractivity contribution in [1.29, 1.82) is 0 Å². The maximum absolute atomic E-state index is 13.0. The summed E-state index contributed by atoms with van der Waals surface area (Å²) in [5.41, 5.74) is 1.26. The van der Waals surface area contributed by atoms with Gasteiger partial charge in [0, 0.05) is 16.8 Å². The monoisotopic (exact) mass is 373 g/mol. The Balaban J connectivity index is 2.31. The summed E-state index contributed by atoms with van der Waals surface area (Å²) in [5, 5.41) is 1.35. The van der Waals surface area contributed by atoms with Crippen molar-refractivity contribution in [3.63, 3.8) is 0 Å². The standard InChI is InChI=1S/C18H13F6NO/c1-9-5-10(2)16-13(6-9)12-4-3-11(26-18(22,23)24)7-14(12)25-15(16)8-17(19,20)21/h3-7H,8H2,1-2H3. The number of nitrogens with zero attached hydrogens (tertiary/aromatic N) is 1. The van der Waals surface area contributed by atoms with Crippen LogP contribution in [0.1, 0.15) is 16.8 Å². The van der Waals surface area contributed by atoms with Crippen molar-refractivity contribution in [2.75, 3.05) is 0 Å². The average molecular weight is 373 g/mol. The van der Waals surface area contributed by atoms with E-state index in [0.29, 0.717) is 21.7 Å². The fraction of sp³-hybridized carbons (Fsp3) is 0.278. The van der Waals surface area contributed by atoms with Crippen LogP contribution in [0, 0.1) is 13.8 Å². The molecule has 1 heterocycles. The van der Waals surface area contributed by atoms with Crippen molar-refractivity contribution in [1.82, 2.24) is 4.98 Å². The summed E-state index contributed by atoms with van der Waals surface area (Å²) in [4.78, 5) is 4.00. The molecule has 0 saturated heterocycles. The highest BCUT2D eigenvalue weighted by Crippen LogP contribution is 2.35. The van der Waals surface area contributed by atoms with Crippen molar-refractivity contribution < 1.29 is 31.1 Å². The van der Waals surface area contributed by atoms with Crippen molar-refractivity contribution in [2.45, 2.75) is 32.8 Å². The van der Waals surface area contributed by atoms with Gasteiger partial charge in [0.05, 0.1) is 17.6 Å². The van der Waals surface area contributed by atoms with Crippen LogP contribution in [0.15, 0.2) is 30.3 Å². The lowest BCUT2D eigenvalue weighted by Crippen LogP contribution is -2.17. The highest BCUT2D eigenvalue weighted by Gasteiger charge is 2.32. The van der Waals surface area contributed by atoms with Crippen LogP contribution in [0.3, 0.4) is 0 Å². The Morgan fingerprint density at radius 3 is 2.23 bits per heavy atom. The lowest BCUT2D eigenvalue weighted by molar-refractivity contribution is -0.274. The normalized spacial score (nSPS) is 12.8. The summed E-state index contributed by atoms with van der Waals surface area (Å²) >= 11 is 0. The molecule has 1 aromatic heterocycles. The Morgan fingerprint density at radius 2 is 1.62 bits per heavy atom. The molecule has 0 aliphatic carbocycles. The molecule has 0 saturated carbocycles. The number of rotatable bonds is 2. The smallest absolute Gasteiger partial charge is 0.406 e. The van der Waals surface area contributed by atoms with E-state index < -0.39 is 24.7 Å². The van der Waals surface area contributed by atoms with E-state index in [9.17, 15) is 26.3 Å². The first-order chi connectivity index (χ1) is 11.9. The zero-order chi connectivity index (χ0) is 19.3. The summed E-state index contributed by atoms with van der Waals surface area (Å²) in [7, 11) is 0. The summed E-state index contributed by atoms with van der Waals surface area (Å²) in [6.45, 7) is 3.48. The minimum atomic E-state index is -4.90. The van der Waals surface area contributed by atoms with Crippen LogP contribution in [0.5, 0.6) is 5.75 Å². The van der Waals surface area contributed by atoms with E-state index in [1.807, 2.05) is 0 Å². The van der Waals surface area contributed by atoms with E-state index in [1.54, 1.807) is 26.0 Å². The van der Waals surface area contributed by atoms with Crippen molar-refractivity contribution in [3.05, 3.63) is 47.2 Å². The predicted octanol–water partition coefficient (Wildman–Crippen LogP) is 6.01. The molecule has 3 rings (SSSR count). The second kappa shape index (κ2) is 6.03. The van der Waals surface area contributed by atoms with Gasteiger partial charge in [-0.3, -0.25) is 4.98 Å². The predicted molar refractivity (Wildman–Crippen MR) is 85.2 cm³/mol. The number of alkyl halides is 6. The van der Waals surface area contributed by atoms with Gasteiger partial charge in [-0.25, -0.2) is 0 Å². The van der Waals surface area contributed by atoms with Crippen LogP contribution in [0.25, 0.3) is 21.7 Å². The Hall–Kier alpha value is -2.51. The molecule has 0 atom stereocenters.